The molecule has 0 spiro atoms. The van der Waals surface area contributed by atoms with Crippen molar-refractivity contribution in [2.45, 2.75) is 65.2 Å². The van der Waals surface area contributed by atoms with E-state index in [0.29, 0.717) is 0 Å². The predicted molar refractivity (Wildman–Crippen MR) is 85.1 cm³/mol. The number of rotatable bonds is 10. The van der Waals surface area contributed by atoms with E-state index in [1.54, 1.807) is 0 Å². The molecular weight excluding hydrogens is 255 g/mol. The monoisotopic (exact) mass is 284 g/mol. The number of hydrogen-bond donors (Lipinski definition) is 3. The number of thiol groups is 2. The molecule has 1 N–H and O–H groups in total. The first-order valence-electron chi connectivity index (χ1n) is 6.65. The molecule has 0 aromatic heterocycles. The van der Waals surface area contributed by atoms with Crippen LogP contribution >= 0.6 is 29.7 Å². The van der Waals surface area contributed by atoms with E-state index < -0.39 is 5.23 Å². The van der Waals surface area contributed by atoms with Crippen molar-refractivity contribution in [1.82, 2.24) is 0 Å². The van der Waals surface area contributed by atoms with Crippen LogP contribution in [0.15, 0.2) is 0 Å². The van der Waals surface area contributed by atoms with Crippen molar-refractivity contribution in [2.24, 2.45) is 0 Å². The average molecular weight is 284 g/mol. The van der Waals surface area contributed by atoms with Gasteiger partial charge in [0.15, 0.2) is 0 Å². The summed E-state index contributed by atoms with van der Waals surface area (Å²) in [5.74, 6) is 0. The van der Waals surface area contributed by atoms with Gasteiger partial charge in [-0.1, -0.05) is 0 Å². The van der Waals surface area contributed by atoms with Gasteiger partial charge in [0.25, 0.3) is 0 Å². The molecule has 16 heavy (non-hydrogen) atoms. The van der Waals surface area contributed by atoms with Crippen LogP contribution in [0.5, 0.6) is 0 Å². The summed E-state index contributed by atoms with van der Waals surface area (Å²) < 4.78 is 0. The summed E-state index contributed by atoms with van der Waals surface area (Å²) in [5, 5.41) is -2.88. The van der Waals surface area contributed by atoms with Crippen molar-refractivity contribution < 1.29 is 4.89 Å². The Morgan fingerprint density at radius 3 is 1.44 bits per heavy atom. The first-order chi connectivity index (χ1) is 7.39. The topological polar surface area (TPSA) is 20.2 Å². The quantitative estimate of drug-likeness (QED) is 0.282. The van der Waals surface area contributed by atoms with Crippen LogP contribution in [0.3, 0.4) is 0 Å². The zero-order chi connectivity index (χ0) is 12.5. The van der Waals surface area contributed by atoms with Gasteiger partial charge in [0.05, 0.1) is 0 Å². The number of unbranched alkanes of at least 4 members (excludes halogenated alkanes) is 6. The Bertz CT molecular complexity index is 162. The first-order valence-corrected chi connectivity index (χ1v) is 11.5. The van der Waals surface area contributed by atoms with E-state index in [0.717, 1.165) is 25.2 Å². The second-order valence-electron chi connectivity index (χ2n) is 4.91. The Balaban J connectivity index is 3.75. The predicted octanol–water partition coefficient (Wildman–Crippen LogP) is 5.30. The molecular formula is C12H29OPS2. The molecule has 0 rings (SSSR count). The Kier molecular flexibility index (Phi) is 8.80. The molecule has 100 valence electrons. The third kappa shape index (κ3) is 10.3. The van der Waals surface area contributed by atoms with Crippen molar-refractivity contribution in [2.75, 3.05) is 12.3 Å². The first kappa shape index (κ1) is 17.1. The molecule has 1 nitrogen and oxygen atoms in total. The maximum absolute atomic E-state index is 10.4. The zero-order valence-electron chi connectivity index (χ0n) is 10.9. The fraction of sp³-hybridized carbons (Fsp3) is 1.00. The summed E-state index contributed by atoms with van der Waals surface area (Å²) in [6.07, 6.45) is 11.1. The Labute approximate surface area is 112 Å². The van der Waals surface area contributed by atoms with Gasteiger partial charge < -0.3 is 0 Å². The molecule has 0 atom stereocenters. The normalized spacial score (nSPS) is 14.7. The van der Waals surface area contributed by atoms with Crippen LogP contribution in [0.1, 0.15) is 65.2 Å². The summed E-state index contributed by atoms with van der Waals surface area (Å²) in [7, 11) is 0. The minimum atomic E-state index is -2.88. The molecule has 0 bridgehead atoms. The second-order valence-corrected chi connectivity index (χ2v) is 15.1. The van der Waals surface area contributed by atoms with E-state index in [1.165, 1.54) is 38.5 Å². The van der Waals surface area contributed by atoms with Gasteiger partial charge in [0.1, 0.15) is 0 Å². The van der Waals surface area contributed by atoms with Crippen molar-refractivity contribution in [3.8, 4) is 0 Å². The van der Waals surface area contributed by atoms with Gasteiger partial charge in [-0.05, 0) is 0 Å². The Morgan fingerprint density at radius 2 is 1.12 bits per heavy atom. The van der Waals surface area contributed by atoms with Gasteiger partial charge in [-0.15, -0.1) is 0 Å². The van der Waals surface area contributed by atoms with Crippen molar-refractivity contribution >= 4 is 29.7 Å². The summed E-state index contributed by atoms with van der Waals surface area (Å²) in [5.41, 5.74) is 0. The number of hydrogen-bond acceptors (Lipinski definition) is 3. The molecule has 0 radical (unpaired) electrons. The average Bonchev–Trinajstić information content (AvgIpc) is 2.19. The summed E-state index contributed by atoms with van der Waals surface area (Å²) in [6, 6.07) is 0. The standard InChI is InChI=1S/C12H29OPS2/c1-3-5-7-9-11-14(13,15,16)12-10-8-6-4-2/h13,15-16H,3-12H2,1-2H3. The molecule has 0 aromatic carbocycles. The van der Waals surface area contributed by atoms with Gasteiger partial charge in [-0.3, -0.25) is 0 Å². The third-order valence-corrected chi connectivity index (χ3v) is 7.80. The SMILES string of the molecule is CCCCCCP(O)(S)(S)CCCCCC. The molecule has 4 heteroatoms. The molecule has 0 saturated carbocycles. The van der Waals surface area contributed by atoms with Gasteiger partial charge in [-0.25, -0.2) is 0 Å². The van der Waals surface area contributed by atoms with Gasteiger partial charge in [0, 0.05) is 0 Å². The third-order valence-electron chi connectivity index (χ3n) is 2.94. The maximum atomic E-state index is 10.4. The Hall–Kier alpha value is 1.09. The van der Waals surface area contributed by atoms with Gasteiger partial charge in [-0.2, -0.15) is 0 Å². The molecule has 0 unspecified atom stereocenters. The van der Waals surface area contributed by atoms with Crippen LogP contribution in [-0.2, 0) is 0 Å². The van der Waals surface area contributed by atoms with Crippen LogP contribution in [-0.4, -0.2) is 17.2 Å². The van der Waals surface area contributed by atoms with Crippen molar-refractivity contribution in [3.05, 3.63) is 0 Å². The Morgan fingerprint density at radius 1 is 0.750 bits per heavy atom. The van der Waals surface area contributed by atoms with Crippen LogP contribution in [0.2, 0.25) is 0 Å². The van der Waals surface area contributed by atoms with E-state index >= 15 is 0 Å². The molecule has 0 saturated heterocycles. The summed E-state index contributed by atoms with van der Waals surface area (Å²) in [4.78, 5) is 10.4. The van der Waals surface area contributed by atoms with Crippen LogP contribution < -0.4 is 0 Å². The van der Waals surface area contributed by atoms with Gasteiger partial charge in [0.2, 0.25) is 0 Å². The zero-order valence-corrected chi connectivity index (χ0v) is 13.5. The van der Waals surface area contributed by atoms with E-state index in [2.05, 4.69) is 38.3 Å². The summed E-state index contributed by atoms with van der Waals surface area (Å²) >= 11 is 9.00. The molecule has 0 aliphatic carbocycles. The van der Waals surface area contributed by atoms with Crippen LogP contribution in [0.25, 0.3) is 0 Å². The van der Waals surface area contributed by atoms with Crippen molar-refractivity contribution in [3.63, 3.8) is 0 Å². The molecule has 0 aromatic rings. The van der Waals surface area contributed by atoms with E-state index in [-0.39, 0.29) is 0 Å². The molecule has 0 aliphatic rings. The second kappa shape index (κ2) is 8.24. The molecule has 0 aliphatic heterocycles. The van der Waals surface area contributed by atoms with Crippen molar-refractivity contribution in [1.29, 1.82) is 0 Å². The van der Waals surface area contributed by atoms with Gasteiger partial charge >= 0.3 is 112 Å². The fourth-order valence-corrected chi connectivity index (χ4v) is 5.50. The van der Waals surface area contributed by atoms with E-state index in [9.17, 15) is 4.89 Å². The van der Waals surface area contributed by atoms with E-state index in [1.807, 2.05) is 0 Å². The summed E-state index contributed by atoms with van der Waals surface area (Å²) in [6.45, 7) is 4.40. The minimum absolute atomic E-state index is 0.809. The van der Waals surface area contributed by atoms with E-state index in [4.69, 9.17) is 0 Å². The van der Waals surface area contributed by atoms with Crippen LogP contribution in [0, 0.1) is 0 Å². The fourth-order valence-electron chi connectivity index (χ4n) is 1.84. The molecule has 0 heterocycles. The molecule has 0 amide bonds. The molecule has 0 fully saturated rings. The van der Waals surface area contributed by atoms with Crippen LogP contribution in [0.4, 0.5) is 0 Å².